The molecular formula is C17H9Cl2FN2O3. The lowest BCUT2D eigenvalue weighted by Crippen LogP contribution is -2.33. The average molecular weight is 379 g/mol. The SMILES string of the molecule is N#CC(=Cc1ccc(Cl)cc1Cl)C(=O)NC(=O)Oc1ccc(F)cc1. The van der Waals surface area contributed by atoms with E-state index in [9.17, 15) is 14.0 Å². The number of ether oxygens (including phenoxy) is 1. The molecule has 0 radical (unpaired) electrons. The fourth-order valence-electron chi connectivity index (χ4n) is 1.72. The normalized spacial score (nSPS) is 10.7. The summed E-state index contributed by atoms with van der Waals surface area (Å²) in [5, 5.41) is 11.6. The van der Waals surface area contributed by atoms with Gasteiger partial charge in [0.2, 0.25) is 0 Å². The van der Waals surface area contributed by atoms with Gasteiger partial charge in [0, 0.05) is 10.0 Å². The summed E-state index contributed by atoms with van der Waals surface area (Å²) in [6.45, 7) is 0. The number of carbonyl (C=O) groups excluding carboxylic acids is 2. The van der Waals surface area contributed by atoms with E-state index in [1.165, 1.54) is 36.4 Å². The molecule has 2 rings (SSSR count). The molecule has 0 spiro atoms. The molecular weight excluding hydrogens is 370 g/mol. The van der Waals surface area contributed by atoms with E-state index < -0.39 is 17.8 Å². The third-order valence-corrected chi connectivity index (χ3v) is 3.43. The lowest BCUT2D eigenvalue weighted by atomic mass is 10.1. The van der Waals surface area contributed by atoms with Gasteiger partial charge in [-0.25, -0.2) is 9.18 Å². The first-order valence-electron chi connectivity index (χ1n) is 6.74. The Morgan fingerprint density at radius 2 is 1.84 bits per heavy atom. The molecule has 25 heavy (non-hydrogen) atoms. The number of nitriles is 1. The van der Waals surface area contributed by atoms with E-state index >= 15 is 0 Å². The van der Waals surface area contributed by atoms with Crippen molar-refractivity contribution in [1.29, 1.82) is 5.26 Å². The van der Waals surface area contributed by atoms with Crippen LogP contribution in [0, 0.1) is 17.1 Å². The largest absolute Gasteiger partial charge is 0.419 e. The van der Waals surface area contributed by atoms with E-state index in [0.29, 0.717) is 10.6 Å². The first kappa shape index (κ1) is 18.5. The predicted molar refractivity (Wildman–Crippen MR) is 90.6 cm³/mol. The standard InChI is InChI=1S/C17H9Cl2FN2O3/c18-12-2-1-10(15(19)8-12)7-11(9-21)16(23)22-17(24)25-14-5-3-13(20)4-6-14/h1-8H,(H,22,23,24). The number of halogens is 3. The van der Waals surface area contributed by atoms with Crippen molar-refractivity contribution in [2.24, 2.45) is 0 Å². The van der Waals surface area contributed by atoms with Crippen LogP contribution in [0.15, 0.2) is 48.0 Å². The van der Waals surface area contributed by atoms with Crippen molar-refractivity contribution in [1.82, 2.24) is 5.32 Å². The number of benzene rings is 2. The van der Waals surface area contributed by atoms with Crippen LogP contribution < -0.4 is 10.1 Å². The van der Waals surface area contributed by atoms with E-state index in [1.54, 1.807) is 6.07 Å². The van der Waals surface area contributed by atoms with Crippen LogP contribution in [0.25, 0.3) is 6.08 Å². The molecule has 0 aliphatic heterocycles. The van der Waals surface area contributed by atoms with E-state index in [1.807, 2.05) is 5.32 Å². The Bertz CT molecular complexity index is 890. The first-order chi connectivity index (χ1) is 11.9. The number of hydrogen-bond acceptors (Lipinski definition) is 4. The van der Waals surface area contributed by atoms with Crippen LogP contribution in [0.5, 0.6) is 5.75 Å². The second-order valence-corrected chi connectivity index (χ2v) is 5.48. The fraction of sp³-hybridized carbons (Fsp3) is 0. The molecule has 0 saturated carbocycles. The highest BCUT2D eigenvalue weighted by Gasteiger charge is 2.15. The van der Waals surface area contributed by atoms with Crippen LogP contribution in [0.3, 0.4) is 0 Å². The molecule has 0 aliphatic rings. The van der Waals surface area contributed by atoms with Gasteiger partial charge in [-0.15, -0.1) is 0 Å². The summed E-state index contributed by atoms with van der Waals surface area (Å²) in [6, 6.07) is 10.8. The van der Waals surface area contributed by atoms with E-state index in [2.05, 4.69) is 0 Å². The summed E-state index contributed by atoms with van der Waals surface area (Å²) in [5.41, 5.74) is 0.0185. The molecule has 2 aromatic rings. The van der Waals surface area contributed by atoms with E-state index in [4.69, 9.17) is 33.2 Å². The van der Waals surface area contributed by atoms with Gasteiger partial charge in [0.05, 0.1) is 0 Å². The number of nitrogens with one attached hydrogen (secondary N) is 1. The summed E-state index contributed by atoms with van der Waals surface area (Å²) < 4.78 is 17.6. The fourth-order valence-corrected chi connectivity index (χ4v) is 2.18. The number of rotatable bonds is 3. The van der Waals surface area contributed by atoms with Crippen molar-refractivity contribution in [3.05, 3.63) is 69.5 Å². The van der Waals surface area contributed by atoms with E-state index in [0.717, 1.165) is 12.1 Å². The summed E-state index contributed by atoms with van der Waals surface area (Å²) in [5.74, 6) is -1.44. The minimum absolute atomic E-state index is 0.0370. The Kier molecular flexibility index (Phi) is 6.12. The van der Waals surface area contributed by atoms with Gasteiger partial charge >= 0.3 is 6.09 Å². The van der Waals surface area contributed by atoms with Crippen molar-refractivity contribution in [3.8, 4) is 11.8 Å². The lowest BCUT2D eigenvalue weighted by Gasteiger charge is -2.05. The molecule has 2 aromatic carbocycles. The predicted octanol–water partition coefficient (Wildman–Crippen LogP) is 4.35. The summed E-state index contributed by atoms with van der Waals surface area (Å²) in [7, 11) is 0. The molecule has 1 N–H and O–H groups in total. The third-order valence-electron chi connectivity index (χ3n) is 2.87. The quantitative estimate of drug-likeness (QED) is 0.635. The van der Waals surface area contributed by atoms with Crippen molar-refractivity contribution in [2.45, 2.75) is 0 Å². The Morgan fingerprint density at radius 1 is 1.16 bits per heavy atom. The molecule has 0 bridgehead atoms. The molecule has 0 fully saturated rings. The Labute approximate surface area is 152 Å². The van der Waals surface area contributed by atoms with Crippen LogP contribution >= 0.6 is 23.2 Å². The average Bonchev–Trinajstić information content (AvgIpc) is 2.56. The number of nitrogens with zero attached hydrogens (tertiary/aromatic N) is 1. The maximum Gasteiger partial charge on any atom is 0.419 e. The van der Waals surface area contributed by atoms with Crippen LogP contribution in [-0.4, -0.2) is 12.0 Å². The number of amides is 2. The van der Waals surface area contributed by atoms with Gasteiger partial charge < -0.3 is 4.74 Å². The summed E-state index contributed by atoms with van der Waals surface area (Å²) >= 11 is 11.7. The topological polar surface area (TPSA) is 79.2 Å². The zero-order valence-corrected chi connectivity index (χ0v) is 13.9. The Morgan fingerprint density at radius 3 is 2.44 bits per heavy atom. The van der Waals surface area contributed by atoms with Crippen LogP contribution in [0.4, 0.5) is 9.18 Å². The maximum absolute atomic E-state index is 12.8. The molecule has 0 saturated heterocycles. The molecule has 0 heterocycles. The minimum atomic E-state index is -1.11. The second-order valence-electron chi connectivity index (χ2n) is 4.63. The Balaban J connectivity index is 2.09. The van der Waals surface area contributed by atoms with Crippen molar-refractivity contribution in [3.63, 3.8) is 0 Å². The molecule has 126 valence electrons. The highest BCUT2D eigenvalue weighted by Crippen LogP contribution is 2.23. The van der Waals surface area contributed by atoms with Gasteiger partial charge in [-0.1, -0.05) is 29.3 Å². The van der Waals surface area contributed by atoms with Crippen LogP contribution in [0.1, 0.15) is 5.56 Å². The monoisotopic (exact) mass is 378 g/mol. The van der Waals surface area contributed by atoms with E-state index in [-0.39, 0.29) is 16.3 Å². The highest BCUT2D eigenvalue weighted by atomic mass is 35.5. The maximum atomic E-state index is 12.8. The van der Waals surface area contributed by atoms with Gasteiger partial charge in [-0.05, 0) is 48.0 Å². The van der Waals surface area contributed by atoms with Crippen LogP contribution in [-0.2, 0) is 4.79 Å². The number of carbonyl (C=O) groups is 2. The molecule has 0 aliphatic carbocycles. The third kappa shape index (κ3) is 5.31. The molecule has 2 amide bonds. The second kappa shape index (κ2) is 8.29. The summed E-state index contributed by atoms with van der Waals surface area (Å²) in [6.07, 6.45) is 0.0964. The zero-order chi connectivity index (χ0) is 18.4. The Hall–Kier alpha value is -2.88. The molecule has 5 nitrogen and oxygen atoms in total. The van der Waals surface area contributed by atoms with Crippen molar-refractivity contribution in [2.75, 3.05) is 0 Å². The zero-order valence-electron chi connectivity index (χ0n) is 12.4. The van der Waals surface area contributed by atoms with Gasteiger partial charge in [0.25, 0.3) is 5.91 Å². The molecule has 0 unspecified atom stereocenters. The molecule has 0 atom stereocenters. The summed E-state index contributed by atoms with van der Waals surface area (Å²) in [4.78, 5) is 23.6. The van der Waals surface area contributed by atoms with Gasteiger partial charge in [-0.3, -0.25) is 10.1 Å². The highest BCUT2D eigenvalue weighted by molar-refractivity contribution is 6.35. The van der Waals surface area contributed by atoms with Gasteiger partial charge in [0.1, 0.15) is 23.2 Å². The van der Waals surface area contributed by atoms with Crippen molar-refractivity contribution < 1.29 is 18.7 Å². The number of imide groups is 1. The minimum Gasteiger partial charge on any atom is -0.410 e. The first-order valence-corrected chi connectivity index (χ1v) is 7.50. The van der Waals surface area contributed by atoms with Crippen molar-refractivity contribution >= 4 is 41.3 Å². The van der Waals surface area contributed by atoms with Gasteiger partial charge in [-0.2, -0.15) is 5.26 Å². The molecule has 8 heteroatoms. The lowest BCUT2D eigenvalue weighted by molar-refractivity contribution is -0.116. The van der Waals surface area contributed by atoms with Crippen LogP contribution in [0.2, 0.25) is 10.0 Å². The number of hydrogen-bond donors (Lipinski definition) is 1. The molecule has 0 aromatic heterocycles. The smallest absolute Gasteiger partial charge is 0.410 e. The van der Waals surface area contributed by atoms with Gasteiger partial charge in [0.15, 0.2) is 0 Å².